The van der Waals surface area contributed by atoms with Crippen LogP contribution in [0.4, 0.5) is 17.1 Å². The van der Waals surface area contributed by atoms with Crippen molar-refractivity contribution in [2.75, 3.05) is 10.2 Å². The van der Waals surface area contributed by atoms with Gasteiger partial charge in [0.15, 0.2) is 6.04 Å². The van der Waals surface area contributed by atoms with Crippen molar-refractivity contribution in [1.82, 2.24) is 0 Å². The van der Waals surface area contributed by atoms with Gasteiger partial charge in [-0.25, -0.2) is 0 Å². The Morgan fingerprint density at radius 3 is 2.33 bits per heavy atom. The molecule has 2 aromatic rings. The van der Waals surface area contributed by atoms with Gasteiger partial charge >= 0.3 is 0 Å². The van der Waals surface area contributed by atoms with Gasteiger partial charge in [-0.3, -0.25) is 14.5 Å². The Kier molecular flexibility index (Phi) is 3.19. The standard InChI is InChI=1S/C16H15N3O2/c1-10-6-2-4-8-12(10)19-13-9-5-3-7-11(13)18-15(20)14(17)16(19)21/h2-9,14H,17H2,1H3,(H,18,20). The molecule has 0 aromatic heterocycles. The lowest BCUT2D eigenvalue weighted by atomic mass is 10.1. The van der Waals surface area contributed by atoms with E-state index in [-0.39, 0.29) is 0 Å². The summed E-state index contributed by atoms with van der Waals surface area (Å²) in [6, 6.07) is 13.4. The first-order valence-corrected chi connectivity index (χ1v) is 6.64. The number of hydrogen-bond acceptors (Lipinski definition) is 3. The van der Waals surface area contributed by atoms with Crippen molar-refractivity contribution in [3.05, 3.63) is 54.1 Å². The maximum atomic E-state index is 12.6. The number of para-hydroxylation sites is 3. The van der Waals surface area contributed by atoms with E-state index in [0.29, 0.717) is 11.4 Å². The number of aryl methyl sites for hydroxylation is 1. The van der Waals surface area contributed by atoms with Crippen LogP contribution in [0.3, 0.4) is 0 Å². The molecule has 1 unspecified atom stereocenters. The summed E-state index contributed by atoms with van der Waals surface area (Å²) in [5, 5.41) is 2.70. The van der Waals surface area contributed by atoms with E-state index in [4.69, 9.17) is 5.73 Å². The molecule has 0 bridgehead atoms. The largest absolute Gasteiger partial charge is 0.322 e. The Morgan fingerprint density at radius 2 is 1.62 bits per heavy atom. The molecule has 0 saturated heterocycles. The molecular weight excluding hydrogens is 266 g/mol. The second-order valence-electron chi connectivity index (χ2n) is 4.94. The molecular formula is C16H15N3O2. The second-order valence-corrected chi connectivity index (χ2v) is 4.94. The van der Waals surface area contributed by atoms with Crippen LogP contribution in [0.25, 0.3) is 0 Å². The summed E-state index contributed by atoms with van der Waals surface area (Å²) in [4.78, 5) is 26.1. The highest BCUT2D eigenvalue weighted by atomic mass is 16.2. The predicted molar refractivity (Wildman–Crippen MR) is 81.4 cm³/mol. The summed E-state index contributed by atoms with van der Waals surface area (Å²) < 4.78 is 0. The van der Waals surface area contributed by atoms with Crippen LogP contribution in [0.5, 0.6) is 0 Å². The van der Waals surface area contributed by atoms with Gasteiger partial charge in [0, 0.05) is 0 Å². The summed E-state index contributed by atoms with van der Waals surface area (Å²) in [6.45, 7) is 1.91. The summed E-state index contributed by atoms with van der Waals surface area (Å²) in [5.41, 5.74) is 8.63. The lowest BCUT2D eigenvalue weighted by molar-refractivity contribution is -0.126. The van der Waals surface area contributed by atoms with Gasteiger partial charge in [0.05, 0.1) is 17.1 Å². The maximum absolute atomic E-state index is 12.6. The number of fused-ring (bicyclic) bond motifs is 1. The fourth-order valence-electron chi connectivity index (χ4n) is 2.42. The van der Waals surface area contributed by atoms with E-state index < -0.39 is 17.9 Å². The molecule has 0 saturated carbocycles. The first kappa shape index (κ1) is 13.3. The number of carbonyl (C=O) groups excluding carboxylic acids is 2. The minimum Gasteiger partial charge on any atom is -0.322 e. The van der Waals surface area contributed by atoms with Gasteiger partial charge < -0.3 is 11.1 Å². The molecule has 21 heavy (non-hydrogen) atoms. The van der Waals surface area contributed by atoms with E-state index in [9.17, 15) is 9.59 Å². The highest BCUT2D eigenvalue weighted by molar-refractivity contribution is 6.21. The average Bonchev–Trinajstić information content (AvgIpc) is 2.58. The van der Waals surface area contributed by atoms with Crippen LogP contribution in [0, 0.1) is 6.92 Å². The molecule has 0 spiro atoms. The molecule has 3 rings (SSSR count). The van der Waals surface area contributed by atoms with Crippen molar-refractivity contribution in [2.45, 2.75) is 13.0 Å². The number of amides is 2. The topological polar surface area (TPSA) is 75.4 Å². The van der Waals surface area contributed by atoms with Crippen molar-refractivity contribution in [3.8, 4) is 0 Å². The third kappa shape index (κ3) is 2.17. The zero-order chi connectivity index (χ0) is 15.0. The number of benzene rings is 2. The third-order valence-corrected chi connectivity index (χ3v) is 3.53. The van der Waals surface area contributed by atoms with E-state index in [1.165, 1.54) is 4.90 Å². The van der Waals surface area contributed by atoms with Crippen LogP contribution in [0.2, 0.25) is 0 Å². The highest BCUT2D eigenvalue weighted by Gasteiger charge is 2.34. The van der Waals surface area contributed by atoms with Crippen molar-refractivity contribution in [2.24, 2.45) is 5.73 Å². The number of hydrogen-bond donors (Lipinski definition) is 2. The van der Waals surface area contributed by atoms with Crippen LogP contribution in [0.15, 0.2) is 48.5 Å². The van der Waals surface area contributed by atoms with E-state index in [0.717, 1.165) is 11.3 Å². The fourth-order valence-corrected chi connectivity index (χ4v) is 2.42. The van der Waals surface area contributed by atoms with Gasteiger partial charge in [-0.05, 0) is 30.7 Å². The molecule has 5 nitrogen and oxygen atoms in total. The van der Waals surface area contributed by atoms with Crippen LogP contribution in [0.1, 0.15) is 5.56 Å². The molecule has 106 valence electrons. The van der Waals surface area contributed by atoms with E-state index in [1.54, 1.807) is 18.2 Å². The van der Waals surface area contributed by atoms with Crippen LogP contribution in [-0.4, -0.2) is 17.9 Å². The van der Waals surface area contributed by atoms with E-state index in [2.05, 4.69) is 5.32 Å². The Labute approximate surface area is 122 Å². The van der Waals surface area contributed by atoms with Gasteiger partial charge in [-0.1, -0.05) is 30.3 Å². The van der Waals surface area contributed by atoms with Crippen LogP contribution < -0.4 is 16.0 Å². The fraction of sp³-hybridized carbons (Fsp3) is 0.125. The number of nitrogens with one attached hydrogen (secondary N) is 1. The van der Waals surface area contributed by atoms with Crippen molar-refractivity contribution in [3.63, 3.8) is 0 Å². The summed E-state index contributed by atoms with van der Waals surface area (Å²) in [6.07, 6.45) is 0. The third-order valence-electron chi connectivity index (χ3n) is 3.53. The Hall–Kier alpha value is -2.66. The summed E-state index contributed by atoms with van der Waals surface area (Å²) in [7, 11) is 0. The highest BCUT2D eigenvalue weighted by Crippen LogP contribution is 2.36. The molecule has 2 aromatic carbocycles. The zero-order valence-electron chi connectivity index (χ0n) is 11.5. The maximum Gasteiger partial charge on any atom is 0.258 e. The SMILES string of the molecule is Cc1ccccc1N1C(=O)C(N)C(=O)Nc2ccccc21. The molecule has 3 N–H and O–H groups in total. The van der Waals surface area contributed by atoms with Gasteiger partial charge in [0.25, 0.3) is 11.8 Å². The molecule has 0 fully saturated rings. The molecule has 0 aliphatic carbocycles. The Balaban J connectivity index is 2.24. The van der Waals surface area contributed by atoms with Crippen molar-refractivity contribution >= 4 is 28.9 Å². The molecule has 1 atom stereocenters. The average molecular weight is 281 g/mol. The molecule has 5 heteroatoms. The molecule has 1 aliphatic heterocycles. The van der Waals surface area contributed by atoms with E-state index >= 15 is 0 Å². The van der Waals surface area contributed by atoms with Gasteiger partial charge in [-0.15, -0.1) is 0 Å². The summed E-state index contributed by atoms with van der Waals surface area (Å²) in [5.74, 6) is -0.935. The van der Waals surface area contributed by atoms with Crippen LogP contribution >= 0.6 is 0 Å². The lowest BCUT2D eigenvalue weighted by Gasteiger charge is -2.25. The van der Waals surface area contributed by atoms with Gasteiger partial charge in [0.2, 0.25) is 0 Å². The first-order valence-electron chi connectivity index (χ1n) is 6.64. The monoisotopic (exact) mass is 281 g/mol. The van der Waals surface area contributed by atoms with Gasteiger partial charge in [0.1, 0.15) is 0 Å². The minimum absolute atomic E-state index is 0.438. The lowest BCUT2D eigenvalue weighted by Crippen LogP contribution is -2.47. The van der Waals surface area contributed by atoms with Crippen molar-refractivity contribution in [1.29, 1.82) is 0 Å². The van der Waals surface area contributed by atoms with E-state index in [1.807, 2.05) is 37.3 Å². The normalized spacial score (nSPS) is 18.0. The molecule has 0 radical (unpaired) electrons. The Morgan fingerprint density at radius 1 is 1.00 bits per heavy atom. The number of carbonyl (C=O) groups is 2. The second kappa shape index (κ2) is 5.03. The smallest absolute Gasteiger partial charge is 0.258 e. The first-order chi connectivity index (χ1) is 10.1. The zero-order valence-corrected chi connectivity index (χ0v) is 11.5. The number of nitrogens with two attached hydrogens (primary N) is 1. The van der Waals surface area contributed by atoms with Gasteiger partial charge in [-0.2, -0.15) is 0 Å². The number of rotatable bonds is 1. The molecule has 2 amide bonds. The minimum atomic E-state index is -1.22. The molecule has 1 aliphatic rings. The predicted octanol–water partition coefficient (Wildman–Crippen LogP) is 1.94. The summed E-state index contributed by atoms with van der Waals surface area (Å²) >= 11 is 0. The van der Waals surface area contributed by atoms with Crippen molar-refractivity contribution < 1.29 is 9.59 Å². The Bertz CT molecular complexity index is 727. The number of nitrogens with zero attached hydrogens (tertiary/aromatic N) is 1. The molecule has 1 heterocycles. The quantitative estimate of drug-likeness (QED) is 0.784. The van der Waals surface area contributed by atoms with Crippen LogP contribution in [-0.2, 0) is 9.59 Å². The number of anilines is 3.